The second kappa shape index (κ2) is 11.7. The van der Waals surface area contributed by atoms with Gasteiger partial charge in [-0.15, -0.1) is 0 Å². The Kier molecular flexibility index (Phi) is 9.00. The Bertz CT molecular complexity index is 933. The van der Waals surface area contributed by atoms with E-state index in [-0.39, 0.29) is 11.7 Å². The largest absolute Gasteiger partial charge is 0.494 e. The summed E-state index contributed by atoms with van der Waals surface area (Å²) in [5.41, 5.74) is 4.88. The zero-order valence-electron chi connectivity index (χ0n) is 18.5. The highest BCUT2D eigenvalue weighted by Crippen LogP contribution is 2.17. The monoisotopic (exact) mass is 445 g/mol. The van der Waals surface area contributed by atoms with Gasteiger partial charge in [0.05, 0.1) is 6.61 Å². The Hall–Kier alpha value is -3.62. The first-order valence-corrected chi connectivity index (χ1v) is 10.3. The smallest absolute Gasteiger partial charge is 0.279 e. The van der Waals surface area contributed by atoms with E-state index >= 15 is 0 Å². The van der Waals surface area contributed by atoms with Gasteiger partial charge in [0.1, 0.15) is 11.8 Å². The molecule has 0 aromatic heterocycles. The molecule has 1 unspecified atom stereocenters. The lowest BCUT2D eigenvalue weighted by molar-refractivity contribution is -0.133. The zero-order chi connectivity index (χ0) is 23.7. The van der Waals surface area contributed by atoms with Gasteiger partial charge in [0, 0.05) is 5.56 Å². The lowest BCUT2D eigenvalue weighted by Gasteiger charge is -2.22. The molecule has 0 bridgehead atoms. The van der Waals surface area contributed by atoms with Gasteiger partial charge in [0.2, 0.25) is 0 Å². The third-order valence-corrected chi connectivity index (χ3v) is 4.48. The molecule has 0 heterocycles. The highest BCUT2D eigenvalue weighted by molar-refractivity contribution is 5.98. The average molecular weight is 445 g/mol. The van der Waals surface area contributed by atoms with Crippen molar-refractivity contribution in [3.8, 4) is 11.5 Å². The van der Waals surface area contributed by atoms with E-state index in [4.69, 9.17) is 9.47 Å². The third-order valence-electron chi connectivity index (χ3n) is 4.48. The van der Waals surface area contributed by atoms with Crippen molar-refractivity contribution in [2.75, 3.05) is 6.61 Å². The molecule has 0 aliphatic carbocycles. The average Bonchev–Trinajstić information content (AvgIpc) is 2.77. The van der Waals surface area contributed by atoms with Crippen molar-refractivity contribution in [1.82, 2.24) is 16.2 Å². The molecule has 0 aliphatic rings. The van der Waals surface area contributed by atoms with Crippen LogP contribution in [0.15, 0.2) is 48.5 Å². The van der Waals surface area contributed by atoms with Crippen LogP contribution in [0.1, 0.15) is 38.1 Å². The predicted molar refractivity (Wildman–Crippen MR) is 116 cm³/mol. The first kappa shape index (κ1) is 24.6. The maximum atomic E-state index is 13.7. The number of nitrogens with one attached hydrogen (secondary N) is 3. The van der Waals surface area contributed by atoms with E-state index in [1.165, 1.54) is 25.1 Å². The molecule has 172 valence electrons. The van der Waals surface area contributed by atoms with Gasteiger partial charge in [-0.2, -0.15) is 0 Å². The summed E-state index contributed by atoms with van der Waals surface area (Å²) in [5, 5.41) is 2.66. The Morgan fingerprint density at radius 2 is 1.56 bits per heavy atom. The van der Waals surface area contributed by atoms with Crippen molar-refractivity contribution in [3.05, 3.63) is 59.9 Å². The molecule has 3 amide bonds. The van der Waals surface area contributed by atoms with Crippen molar-refractivity contribution >= 4 is 17.7 Å². The lowest BCUT2D eigenvalue weighted by Crippen LogP contribution is -2.56. The fraction of sp³-hybridized carbons (Fsp3) is 0.348. The topological polar surface area (TPSA) is 106 Å². The Labute approximate surface area is 186 Å². The highest BCUT2D eigenvalue weighted by Gasteiger charge is 2.26. The number of carbonyl (C=O) groups is 3. The standard InChI is InChI=1S/C23H28FN3O5/c1-5-31-17-12-10-16(11-13-17)22(29)25-20(14(2)3)23(30)27-26-21(28)15(4)32-19-9-7-6-8-18(19)24/h6-15,20H,5H2,1-4H3,(H,25,29)(H,26,28)(H,27,30)/t15?,20-/m0/s1. The van der Waals surface area contributed by atoms with Crippen LogP contribution < -0.4 is 25.6 Å². The summed E-state index contributed by atoms with van der Waals surface area (Å²) in [7, 11) is 0. The molecule has 0 radical (unpaired) electrons. The number of hydrazine groups is 1. The Morgan fingerprint density at radius 3 is 2.16 bits per heavy atom. The van der Waals surface area contributed by atoms with Crippen LogP contribution in [0.4, 0.5) is 4.39 Å². The van der Waals surface area contributed by atoms with Crippen LogP contribution in [0.2, 0.25) is 0 Å². The summed E-state index contributed by atoms with van der Waals surface area (Å²) in [5.74, 6) is -2.03. The van der Waals surface area contributed by atoms with Gasteiger partial charge in [0.15, 0.2) is 17.7 Å². The lowest BCUT2D eigenvalue weighted by atomic mass is 10.0. The van der Waals surface area contributed by atoms with Gasteiger partial charge in [-0.3, -0.25) is 25.2 Å². The van der Waals surface area contributed by atoms with Crippen LogP contribution in [0.5, 0.6) is 11.5 Å². The number of benzene rings is 2. The summed E-state index contributed by atoms with van der Waals surface area (Å²) in [6, 6.07) is 11.3. The number of rotatable bonds is 9. The van der Waals surface area contributed by atoms with Crippen LogP contribution in [0, 0.1) is 11.7 Å². The van der Waals surface area contributed by atoms with E-state index in [0.717, 1.165) is 0 Å². The molecule has 32 heavy (non-hydrogen) atoms. The summed E-state index contributed by atoms with van der Waals surface area (Å²) < 4.78 is 24.3. The van der Waals surface area contributed by atoms with Crippen LogP contribution in [-0.2, 0) is 9.59 Å². The number of carbonyl (C=O) groups excluding carboxylic acids is 3. The summed E-state index contributed by atoms with van der Waals surface area (Å²) >= 11 is 0. The van der Waals surface area contributed by atoms with Gasteiger partial charge in [-0.25, -0.2) is 4.39 Å². The number of hydrogen-bond acceptors (Lipinski definition) is 5. The van der Waals surface area contributed by atoms with E-state index < -0.39 is 35.7 Å². The van der Waals surface area contributed by atoms with Crippen LogP contribution in [-0.4, -0.2) is 36.5 Å². The van der Waals surface area contributed by atoms with Gasteiger partial charge in [-0.05, 0) is 56.2 Å². The summed E-state index contributed by atoms with van der Waals surface area (Å²) in [4.78, 5) is 37.3. The maximum Gasteiger partial charge on any atom is 0.279 e. The number of amides is 3. The second-order valence-corrected chi connectivity index (χ2v) is 7.32. The van der Waals surface area contributed by atoms with Crippen molar-refractivity contribution in [1.29, 1.82) is 0 Å². The van der Waals surface area contributed by atoms with Crippen molar-refractivity contribution < 1.29 is 28.2 Å². The first-order chi connectivity index (χ1) is 15.2. The fourth-order valence-corrected chi connectivity index (χ4v) is 2.72. The van der Waals surface area contributed by atoms with Gasteiger partial charge in [-0.1, -0.05) is 26.0 Å². The van der Waals surface area contributed by atoms with Crippen molar-refractivity contribution in [2.45, 2.75) is 39.8 Å². The first-order valence-electron chi connectivity index (χ1n) is 10.3. The molecule has 0 saturated heterocycles. The minimum atomic E-state index is -1.07. The van der Waals surface area contributed by atoms with E-state index in [2.05, 4.69) is 16.2 Å². The van der Waals surface area contributed by atoms with Crippen LogP contribution in [0.25, 0.3) is 0 Å². The highest BCUT2D eigenvalue weighted by atomic mass is 19.1. The maximum absolute atomic E-state index is 13.7. The molecule has 0 spiro atoms. The molecule has 2 aromatic carbocycles. The van der Waals surface area contributed by atoms with E-state index in [9.17, 15) is 18.8 Å². The number of hydrogen-bond donors (Lipinski definition) is 3. The van der Waals surface area contributed by atoms with Gasteiger partial charge in [0.25, 0.3) is 17.7 Å². The molecular weight excluding hydrogens is 417 g/mol. The minimum absolute atomic E-state index is 0.0795. The minimum Gasteiger partial charge on any atom is -0.494 e. The van der Waals surface area contributed by atoms with E-state index in [0.29, 0.717) is 17.9 Å². The summed E-state index contributed by atoms with van der Waals surface area (Å²) in [6.45, 7) is 7.30. The van der Waals surface area contributed by atoms with E-state index in [1.54, 1.807) is 44.2 Å². The quantitative estimate of drug-likeness (QED) is 0.515. The molecule has 0 aliphatic heterocycles. The van der Waals surface area contributed by atoms with Gasteiger partial charge >= 0.3 is 0 Å². The predicted octanol–water partition coefficient (Wildman–Crippen LogP) is 2.59. The Balaban J connectivity index is 1.92. The molecule has 8 nitrogen and oxygen atoms in total. The molecule has 2 atom stereocenters. The molecule has 2 rings (SSSR count). The molecule has 3 N–H and O–H groups in total. The number of para-hydroxylation sites is 1. The fourth-order valence-electron chi connectivity index (χ4n) is 2.72. The molecule has 9 heteroatoms. The third kappa shape index (κ3) is 6.97. The SMILES string of the molecule is CCOc1ccc(C(=O)N[C@H](C(=O)NNC(=O)C(C)Oc2ccccc2F)C(C)C)cc1. The zero-order valence-corrected chi connectivity index (χ0v) is 18.5. The van der Waals surface area contributed by atoms with Crippen LogP contribution in [0.3, 0.4) is 0 Å². The summed E-state index contributed by atoms with van der Waals surface area (Å²) in [6.07, 6.45) is -1.07. The van der Waals surface area contributed by atoms with Gasteiger partial charge < -0.3 is 14.8 Å². The molecule has 0 fully saturated rings. The van der Waals surface area contributed by atoms with Crippen LogP contribution >= 0.6 is 0 Å². The number of halogens is 1. The molecule has 0 saturated carbocycles. The van der Waals surface area contributed by atoms with Crippen molar-refractivity contribution in [3.63, 3.8) is 0 Å². The van der Waals surface area contributed by atoms with Crippen molar-refractivity contribution in [2.24, 2.45) is 5.92 Å². The normalized spacial score (nSPS) is 12.4. The molecule has 2 aromatic rings. The molecular formula is C23H28FN3O5. The second-order valence-electron chi connectivity index (χ2n) is 7.32. The Morgan fingerprint density at radius 1 is 0.938 bits per heavy atom. The number of ether oxygens (including phenoxy) is 2. The van der Waals surface area contributed by atoms with E-state index in [1.807, 2.05) is 6.92 Å².